The van der Waals surface area contributed by atoms with Crippen molar-refractivity contribution < 1.29 is 12.6 Å². The molecule has 7 heavy (non-hydrogen) atoms. The molecule has 0 rings (SSSR count). The normalized spacial score (nSPS) is 10.0. The van der Waals surface area contributed by atoms with Gasteiger partial charge in [0, 0.05) is 0 Å². The molecule has 0 saturated heterocycles. The molecule has 0 bridgehead atoms. The van der Waals surface area contributed by atoms with Gasteiger partial charge in [-0.2, -0.15) is 0 Å². The monoisotopic (exact) mass is 123 g/mol. The molecule has 0 aliphatic carbocycles. The van der Waals surface area contributed by atoms with Crippen LogP contribution in [0.3, 0.4) is 0 Å². The summed E-state index contributed by atoms with van der Waals surface area (Å²) in [7, 11) is -2.66. The molecule has 43 valence electrons. The highest BCUT2D eigenvalue weighted by molar-refractivity contribution is 7.67. The molecule has 0 atom stereocenters. The van der Waals surface area contributed by atoms with E-state index < -0.39 is 11.0 Å². The number of hydrogen-bond donors (Lipinski definition) is 1. The first kappa shape index (κ1) is 6.91. The molecule has 0 N–H and O–H groups in total. The fraction of sp³-hybridized carbons (Fsp3) is 0.667. The zero-order valence-corrected chi connectivity index (χ0v) is 4.85. The molecule has 4 heteroatoms. The molecule has 0 fully saturated rings. The first-order valence-corrected chi connectivity index (χ1v) is 2.99. The standard InChI is InChI=1S/C3H7O3S/c1-2-3-6-7(4)5/h3,7H,2H2,1H3. The molecular weight excluding hydrogens is 116 g/mol. The van der Waals surface area contributed by atoms with Crippen LogP contribution in [-0.2, 0) is 15.2 Å². The molecule has 1 radical (unpaired) electrons. The van der Waals surface area contributed by atoms with E-state index in [-0.39, 0.29) is 0 Å². The van der Waals surface area contributed by atoms with Crippen LogP contribution in [0, 0.1) is 6.61 Å². The Kier molecular flexibility index (Phi) is 4.03. The lowest BCUT2D eigenvalue weighted by molar-refractivity contribution is 0.404. The summed E-state index contributed by atoms with van der Waals surface area (Å²) in [5, 5.41) is 0. The van der Waals surface area contributed by atoms with Crippen LogP contribution in [0.4, 0.5) is 0 Å². The van der Waals surface area contributed by atoms with Crippen molar-refractivity contribution in [2.24, 2.45) is 0 Å². The van der Waals surface area contributed by atoms with E-state index in [0.29, 0.717) is 6.42 Å². The minimum Gasteiger partial charge on any atom is -0.266 e. The molecule has 0 aliphatic rings. The van der Waals surface area contributed by atoms with Crippen LogP contribution >= 0.6 is 0 Å². The molecule has 0 aliphatic heterocycles. The SMILES string of the molecule is CC[CH]O[SH](=O)=O. The van der Waals surface area contributed by atoms with E-state index >= 15 is 0 Å². The molecule has 0 heterocycles. The smallest absolute Gasteiger partial charge is 0.257 e. The summed E-state index contributed by atoms with van der Waals surface area (Å²) in [6, 6.07) is 0. The largest absolute Gasteiger partial charge is 0.266 e. The Morgan fingerprint density at radius 3 is 2.43 bits per heavy atom. The van der Waals surface area contributed by atoms with E-state index in [1.807, 2.05) is 0 Å². The van der Waals surface area contributed by atoms with Crippen molar-refractivity contribution in [2.75, 3.05) is 0 Å². The molecule has 0 aromatic rings. The second-order valence-corrected chi connectivity index (χ2v) is 1.56. The first-order chi connectivity index (χ1) is 3.27. The summed E-state index contributed by atoms with van der Waals surface area (Å²) in [4.78, 5) is 0. The third-order valence-electron chi connectivity index (χ3n) is 0.327. The number of hydrogen-bond acceptors (Lipinski definition) is 3. The Hall–Kier alpha value is -0.0900. The summed E-state index contributed by atoms with van der Waals surface area (Å²) >= 11 is 0. The summed E-state index contributed by atoms with van der Waals surface area (Å²) in [5.41, 5.74) is 0. The van der Waals surface area contributed by atoms with Gasteiger partial charge in [0.25, 0.3) is 11.0 Å². The van der Waals surface area contributed by atoms with Crippen LogP contribution in [0.25, 0.3) is 0 Å². The maximum absolute atomic E-state index is 9.54. The summed E-state index contributed by atoms with van der Waals surface area (Å²) < 4.78 is 23.1. The first-order valence-electron chi connectivity index (χ1n) is 1.90. The van der Waals surface area contributed by atoms with Gasteiger partial charge >= 0.3 is 0 Å². The topological polar surface area (TPSA) is 43.4 Å². The van der Waals surface area contributed by atoms with Crippen molar-refractivity contribution >= 4 is 11.0 Å². The van der Waals surface area contributed by atoms with Gasteiger partial charge in [-0.25, -0.2) is 8.42 Å². The van der Waals surface area contributed by atoms with E-state index in [9.17, 15) is 8.42 Å². The van der Waals surface area contributed by atoms with Crippen LogP contribution < -0.4 is 0 Å². The van der Waals surface area contributed by atoms with E-state index in [1.54, 1.807) is 6.92 Å². The van der Waals surface area contributed by atoms with Gasteiger partial charge in [0.15, 0.2) is 0 Å². The van der Waals surface area contributed by atoms with Crippen LogP contribution in [0.1, 0.15) is 13.3 Å². The maximum Gasteiger partial charge on any atom is 0.257 e. The minimum absolute atomic E-state index is 0.614. The highest BCUT2D eigenvalue weighted by atomic mass is 32.2. The second-order valence-electron chi connectivity index (χ2n) is 0.904. The van der Waals surface area contributed by atoms with Gasteiger partial charge in [-0.05, 0) is 6.42 Å². The summed E-state index contributed by atoms with van der Waals surface area (Å²) in [6.45, 7) is 3.02. The van der Waals surface area contributed by atoms with Crippen molar-refractivity contribution in [3.05, 3.63) is 6.61 Å². The van der Waals surface area contributed by atoms with E-state index in [1.165, 1.54) is 6.61 Å². The molecular formula is C3H7O3S. The van der Waals surface area contributed by atoms with E-state index in [4.69, 9.17) is 0 Å². The van der Waals surface area contributed by atoms with Gasteiger partial charge in [-0.3, -0.25) is 4.18 Å². The van der Waals surface area contributed by atoms with Crippen molar-refractivity contribution in [1.82, 2.24) is 0 Å². The third kappa shape index (κ3) is 5.91. The van der Waals surface area contributed by atoms with Gasteiger partial charge < -0.3 is 0 Å². The highest BCUT2D eigenvalue weighted by Gasteiger charge is 1.80. The lowest BCUT2D eigenvalue weighted by Crippen LogP contribution is -1.80. The Balaban J connectivity index is 2.98. The Bertz CT molecular complexity index is 88.4. The van der Waals surface area contributed by atoms with Gasteiger partial charge in [-0.15, -0.1) is 0 Å². The average molecular weight is 123 g/mol. The predicted octanol–water partition coefficient (Wildman–Crippen LogP) is 0.101. The van der Waals surface area contributed by atoms with E-state index in [2.05, 4.69) is 4.18 Å². The van der Waals surface area contributed by atoms with Crippen molar-refractivity contribution in [1.29, 1.82) is 0 Å². The molecule has 0 aromatic carbocycles. The Morgan fingerprint density at radius 2 is 2.29 bits per heavy atom. The Labute approximate surface area is 44.4 Å². The van der Waals surface area contributed by atoms with Gasteiger partial charge in [0.1, 0.15) is 6.61 Å². The van der Waals surface area contributed by atoms with Crippen molar-refractivity contribution in [2.45, 2.75) is 13.3 Å². The van der Waals surface area contributed by atoms with Crippen LogP contribution in [0.5, 0.6) is 0 Å². The molecule has 0 spiro atoms. The Morgan fingerprint density at radius 1 is 1.71 bits per heavy atom. The van der Waals surface area contributed by atoms with Crippen LogP contribution in [0.15, 0.2) is 0 Å². The fourth-order valence-corrected chi connectivity index (χ4v) is 0.406. The van der Waals surface area contributed by atoms with Gasteiger partial charge in [0.2, 0.25) is 0 Å². The summed E-state index contributed by atoms with van der Waals surface area (Å²) in [6.07, 6.45) is 0.614. The molecule has 0 unspecified atom stereocenters. The average Bonchev–Trinajstić information content (AvgIpc) is 1.61. The molecule has 3 nitrogen and oxygen atoms in total. The third-order valence-corrected chi connectivity index (χ3v) is 0.648. The van der Waals surface area contributed by atoms with E-state index in [0.717, 1.165) is 0 Å². The number of rotatable bonds is 3. The van der Waals surface area contributed by atoms with Crippen molar-refractivity contribution in [3.63, 3.8) is 0 Å². The maximum atomic E-state index is 9.54. The van der Waals surface area contributed by atoms with Crippen LogP contribution in [0.2, 0.25) is 0 Å². The van der Waals surface area contributed by atoms with Gasteiger partial charge in [-0.1, -0.05) is 6.92 Å². The van der Waals surface area contributed by atoms with Gasteiger partial charge in [0.05, 0.1) is 0 Å². The second kappa shape index (κ2) is 4.08. The molecule has 0 aromatic heterocycles. The van der Waals surface area contributed by atoms with Crippen molar-refractivity contribution in [3.8, 4) is 0 Å². The highest BCUT2D eigenvalue weighted by Crippen LogP contribution is 1.84. The summed E-state index contributed by atoms with van der Waals surface area (Å²) in [5.74, 6) is 0. The lowest BCUT2D eigenvalue weighted by Gasteiger charge is -1.83. The quantitative estimate of drug-likeness (QED) is 0.541. The zero-order chi connectivity index (χ0) is 5.70. The lowest BCUT2D eigenvalue weighted by atomic mass is 10.5. The number of thiol groups is 1. The predicted molar refractivity (Wildman–Crippen MR) is 26.0 cm³/mol. The molecule has 0 saturated carbocycles. The fourth-order valence-electron chi connectivity index (χ4n) is 0.135. The minimum atomic E-state index is -2.66. The zero-order valence-electron chi connectivity index (χ0n) is 3.96. The molecule has 0 amide bonds. The van der Waals surface area contributed by atoms with Crippen LogP contribution in [-0.4, -0.2) is 8.42 Å².